The fourth-order valence-electron chi connectivity index (χ4n) is 1.65. The van der Waals surface area contributed by atoms with Gasteiger partial charge in [-0.1, -0.05) is 6.07 Å². The van der Waals surface area contributed by atoms with Crippen LogP contribution in [0.2, 0.25) is 0 Å². The molecule has 0 bridgehead atoms. The minimum Gasteiger partial charge on any atom is -0.396 e. The van der Waals surface area contributed by atoms with Crippen LogP contribution in [-0.4, -0.2) is 17.8 Å². The highest BCUT2D eigenvalue weighted by Gasteiger charge is 2.13. The molecule has 0 heterocycles. The lowest BCUT2D eigenvalue weighted by molar-refractivity contribution is 0.264. The summed E-state index contributed by atoms with van der Waals surface area (Å²) >= 11 is 0. The molecule has 0 spiro atoms. The first kappa shape index (κ1) is 13.1. The lowest BCUT2D eigenvalue weighted by Crippen LogP contribution is -2.30. The van der Waals surface area contributed by atoms with Gasteiger partial charge in [-0.25, -0.2) is 8.78 Å². The minimum atomic E-state index is -0.572. The van der Waals surface area contributed by atoms with Crippen molar-refractivity contribution in [1.82, 2.24) is 5.32 Å². The van der Waals surface area contributed by atoms with Crippen LogP contribution in [0, 0.1) is 11.6 Å². The Balaban J connectivity index is 2.69. The van der Waals surface area contributed by atoms with Crippen molar-refractivity contribution in [2.75, 3.05) is 6.61 Å². The standard InChI is InChI=1S/C12H17F2NO/c1-8(5-6-16)15-9(2)11-4-3-10(13)7-12(11)14/h3-4,7-9,15-16H,5-6H2,1-2H3. The number of benzene rings is 1. The Labute approximate surface area is 94.3 Å². The Hall–Kier alpha value is -1.00. The molecular weight excluding hydrogens is 212 g/mol. The van der Waals surface area contributed by atoms with Crippen molar-refractivity contribution in [1.29, 1.82) is 0 Å². The molecule has 0 fully saturated rings. The van der Waals surface area contributed by atoms with E-state index < -0.39 is 11.6 Å². The van der Waals surface area contributed by atoms with E-state index in [4.69, 9.17) is 5.11 Å². The van der Waals surface area contributed by atoms with Gasteiger partial charge in [-0.15, -0.1) is 0 Å². The molecule has 0 saturated carbocycles. The molecule has 2 unspecified atom stereocenters. The number of nitrogens with one attached hydrogen (secondary N) is 1. The normalized spacial score (nSPS) is 14.8. The van der Waals surface area contributed by atoms with Crippen LogP contribution in [-0.2, 0) is 0 Å². The molecule has 2 N–H and O–H groups in total. The number of hydrogen-bond donors (Lipinski definition) is 2. The maximum absolute atomic E-state index is 13.4. The average molecular weight is 229 g/mol. The van der Waals surface area contributed by atoms with Gasteiger partial charge in [0.1, 0.15) is 11.6 Å². The van der Waals surface area contributed by atoms with Gasteiger partial charge >= 0.3 is 0 Å². The molecule has 16 heavy (non-hydrogen) atoms. The van der Waals surface area contributed by atoms with E-state index in [-0.39, 0.29) is 18.7 Å². The van der Waals surface area contributed by atoms with Gasteiger partial charge in [0.25, 0.3) is 0 Å². The quantitative estimate of drug-likeness (QED) is 0.812. The van der Waals surface area contributed by atoms with Crippen molar-refractivity contribution in [3.8, 4) is 0 Å². The van der Waals surface area contributed by atoms with Crippen LogP contribution < -0.4 is 5.32 Å². The molecule has 2 nitrogen and oxygen atoms in total. The van der Waals surface area contributed by atoms with Crippen LogP contribution in [0.25, 0.3) is 0 Å². The van der Waals surface area contributed by atoms with E-state index in [0.29, 0.717) is 12.0 Å². The molecular formula is C12H17F2NO. The molecule has 0 amide bonds. The highest BCUT2D eigenvalue weighted by Crippen LogP contribution is 2.18. The van der Waals surface area contributed by atoms with Gasteiger partial charge in [0, 0.05) is 30.3 Å². The fourth-order valence-corrected chi connectivity index (χ4v) is 1.65. The van der Waals surface area contributed by atoms with Crippen molar-refractivity contribution in [3.63, 3.8) is 0 Å². The molecule has 1 rings (SSSR count). The summed E-state index contributed by atoms with van der Waals surface area (Å²) in [6.07, 6.45) is 0.604. The van der Waals surface area contributed by atoms with Crippen LogP contribution in [0.4, 0.5) is 8.78 Å². The first-order chi connectivity index (χ1) is 7.54. The number of aliphatic hydroxyl groups is 1. The molecule has 0 aliphatic carbocycles. The SMILES string of the molecule is CC(CCO)NC(C)c1ccc(F)cc1F. The van der Waals surface area contributed by atoms with Crippen LogP contribution in [0.15, 0.2) is 18.2 Å². The first-order valence-electron chi connectivity index (χ1n) is 5.36. The third kappa shape index (κ3) is 3.54. The van der Waals surface area contributed by atoms with Gasteiger partial charge in [0.05, 0.1) is 0 Å². The van der Waals surface area contributed by atoms with E-state index >= 15 is 0 Å². The number of aliphatic hydroxyl groups excluding tert-OH is 1. The average Bonchev–Trinajstić information content (AvgIpc) is 2.17. The fraction of sp³-hybridized carbons (Fsp3) is 0.500. The highest BCUT2D eigenvalue weighted by atomic mass is 19.1. The van der Waals surface area contributed by atoms with E-state index in [1.807, 2.05) is 13.8 Å². The number of rotatable bonds is 5. The van der Waals surface area contributed by atoms with E-state index in [1.165, 1.54) is 12.1 Å². The van der Waals surface area contributed by atoms with Crippen molar-refractivity contribution >= 4 is 0 Å². The monoisotopic (exact) mass is 229 g/mol. The van der Waals surface area contributed by atoms with Crippen LogP contribution in [0.5, 0.6) is 0 Å². The first-order valence-corrected chi connectivity index (χ1v) is 5.36. The van der Waals surface area contributed by atoms with Crippen molar-refractivity contribution in [2.24, 2.45) is 0 Å². The van der Waals surface area contributed by atoms with E-state index in [2.05, 4.69) is 5.32 Å². The second kappa shape index (κ2) is 5.92. The molecule has 90 valence electrons. The van der Waals surface area contributed by atoms with Gasteiger partial charge < -0.3 is 10.4 Å². The molecule has 0 aliphatic rings. The highest BCUT2D eigenvalue weighted by molar-refractivity contribution is 5.21. The number of hydrogen-bond acceptors (Lipinski definition) is 2. The molecule has 0 saturated heterocycles. The Morgan fingerprint density at radius 2 is 2.00 bits per heavy atom. The summed E-state index contributed by atoms with van der Waals surface area (Å²) < 4.78 is 26.1. The summed E-state index contributed by atoms with van der Waals surface area (Å²) in [7, 11) is 0. The van der Waals surface area contributed by atoms with E-state index in [0.717, 1.165) is 6.07 Å². The molecule has 1 aromatic carbocycles. The zero-order valence-corrected chi connectivity index (χ0v) is 9.50. The summed E-state index contributed by atoms with van der Waals surface area (Å²) in [6.45, 7) is 3.81. The van der Waals surface area contributed by atoms with Gasteiger partial charge in [0.2, 0.25) is 0 Å². The van der Waals surface area contributed by atoms with Crippen LogP contribution >= 0.6 is 0 Å². The Kier molecular flexibility index (Phi) is 4.83. The lowest BCUT2D eigenvalue weighted by atomic mass is 10.1. The van der Waals surface area contributed by atoms with Gasteiger partial charge in [0.15, 0.2) is 0 Å². The van der Waals surface area contributed by atoms with Crippen molar-refractivity contribution in [2.45, 2.75) is 32.4 Å². The smallest absolute Gasteiger partial charge is 0.130 e. The van der Waals surface area contributed by atoms with Crippen molar-refractivity contribution < 1.29 is 13.9 Å². The van der Waals surface area contributed by atoms with E-state index in [9.17, 15) is 8.78 Å². The third-order valence-electron chi connectivity index (χ3n) is 2.53. The molecule has 0 aliphatic heterocycles. The van der Waals surface area contributed by atoms with Gasteiger partial charge in [-0.05, 0) is 26.3 Å². The molecule has 4 heteroatoms. The zero-order chi connectivity index (χ0) is 12.1. The summed E-state index contributed by atoms with van der Waals surface area (Å²) in [4.78, 5) is 0. The zero-order valence-electron chi connectivity index (χ0n) is 9.50. The predicted molar refractivity (Wildman–Crippen MR) is 59.1 cm³/mol. The second-order valence-electron chi connectivity index (χ2n) is 3.97. The summed E-state index contributed by atoms with van der Waals surface area (Å²) in [5.74, 6) is -1.12. The summed E-state index contributed by atoms with van der Waals surface area (Å²) in [5, 5.41) is 11.9. The Morgan fingerprint density at radius 1 is 1.31 bits per heavy atom. The summed E-state index contributed by atoms with van der Waals surface area (Å²) in [5.41, 5.74) is 0.436. The number of halogens is 2. The van der Waals surface area contributed by atoms with Crippen molar-refractivity contribution in [3.05, 3.63) is 35.4 Å². The topological polar surface area (TPSA) is 32.3 Å². The van der Waals surface area contributed by atoms with Crippen LogP contribution in [0.1, 0.15) is 31.9 Å². The largest absolute Gasteiger partial charge is 0.396 e. The second-order valence-corrected chi connectivity index (χ2v) is 3.97. The van der Waals surface area contributed by atoms with Gasteiger partial charge in [-0.3, -0.25) is 0 Å². The van der Waals surface area contributed by atoms with E-state index in [1.54, 1.807) is 0 Å². The lowest BCUT2D eigenvalue weighted by Gasteiger charge is -2.20. The summed E-state index contributed by atoms with van der Waals surface area (Å²) in [6, 6.07) is 3.44. The molecule has 1 aromatic rings. The van der Waals surface area contributed by atoms with Crippen LogP contribution in [0.3, 0.4) is 0 Å². The molecule has 0 radical (unpaired) electrons. The Bertz CT molecular complexity index is 344. The Morgan fingerprint density at radius 3 is 2.56 bits per heavy atom. The minimum absolute atomic E-state index is 0.0875. The maximum Gasteiger partial charge on any atom is 0.130 e. The molecule has 0 aromatic heterocycles. The third-order valence-corrected chi connectivity index (χ3v) is 2.53. The van der Waals surface area contributed by atoms with Gasteiger partial charge in [-0.2, -0.15) is 0 Å². The maximum atomic E-state index is 13.4. The molecule has 2 atom stereocenters. The predicted octanol–water partition coefficient (Wildman–Crippen LogP) is 2.39.